The summed E-state index contributed by atoms with van der Waals surface area (Å²) in [6, 6.07) is 8.28. The molecule has 12 rings (SSSR count). The van der Waals surface area contributed by atoms with Crippen molar-refractivity contribution in [2.75, 3.05) is 25.1 Å². The highest BCUT2D eigenvalue weighted by atomic mass is 16.5. The van der Waals surface area contributed by atoms with Crippen LogP contribution in [0.15, 0.2) is 35.9 Å². The number of rotatable bonds is 6. The predicted octanol–water partition coefficient (Wildman–Crippen LogP) is 3.53. The van der Waals surface area contributed by atoms with Gasteiger partial charge in [0, 0.05) is 55.3 Å². The molecule has 11 nitrogen and oxygen atoms in total. The molecule has 4 N–H and O–H groups in total. The Balaban J connectivity index is 0.854. The largest absolute Gasteiger partial charge is 0.458 e. The SMILES string of the molecule is CCC1[C@@H]2CC3C4N(C)c5ccccc5C45C[C@@H](C2C5O)[N+]3(CC(=O)OC2CC[C@]3(C=O)C4CC[C@]5(C)C(C6=CC(=O)OC6)CCC5(O)C4CCC3(O)C2)[C@@H]1O. The van der Waals surface area contributed by atoms with E-state index in [-0.39, 0.29) is 89.6 Å². The first-order valence-electron chi connectivity index (χ1n) is 21.8. The number of quaternary nitrogens is 1. The number of hydrogen-bond acceptors (Lipinski definition) is 10. The first-order valence-corrected chi connectivity index (χ1v) is 21.8. The lowest BCUT2D eigenvalue weighted by Gasteiger charge is -2.67. The summed E-state index contributed by atoms with van der Waals surface area (Å²) in [4.78, 5) is 42.3. The Morgan fingerprint density at radius 2 is 1.82 bits per heavy atom. The van der Waals surface area contributed by atoms with E-state index < -0.39 is 45.9 Å². The summed E-state index contributed by atoms with van der Waals surface area (Å²) < 4.78 is 11.9. The van der Waals surface area contributed by atoms with Crippen LogP contribution in [0.5, 0.6) is 0 Å². The molecule has 18 atom stereocenters. The van der Waals surface area contributed by atoms with Gasteiger partial charge in [0.25, 0.3) is 0 Å². The van der Waals surface area contributed by atoms with Gasteiger partial charge in [-0.05, 0) is 98.7 Å². The number of carbonyl (C=O) groups is 3. The van der Waals surface area contributed by atoms with Gasteiger partial charge in [0.2, 0.25) is 0 Å². The van der Waals surface area contributed by atoms with Crippen LogP contribution in [0.1, 0.15) is 96.5 Å². The zero-order valence-electron chi connectivity index (χ0n) is 33.0. The number of esters is 2. The maximum absolute atomic E-state index is 14.5. The van der Waals surface area contributed by atoms with Crippen LogP contribution in [0, 0.1) is 46.3 Å². The summed E-state index contributed by atoms with van der Waals surface area (Å²) >= 11 is 0. The monoisotopic (exact) mass is 771 g/mol. The fourth-order valence-electron chi connectivity index (χ4n) is 17.6. The molecule has 5 bridgehead atoms. The Kier molecular flexibility index (Phi) is 7.42. The van der Waals surface area contributed by atoms with Crippen molar-refractivity contribution in [2.45, 2.75) is 144 Å². The third-order valence-corrected chi connectivity index (χ3v) is 19.6. The summed E-state index contributed by atoms with van der Waals surface area (Å²) in [5.74, 6) is -0.852. The minimum absolute atomic E-state index is 0.0104. The van der Waals surface area contributed by atoms with Crippen LogP contribution < -0.4 is 4.90 Å². The molecule has 4 saturated heterocycles. The second kappa shape index (κ2) is 11.5. The number of anilines is 1. The standard InChI is InChI=1S/C45H59N2O9/c1-4-26-27-18-33-38-44(31-7-5-6-8-32(31)46(38)3)20-34(37(27)39(44)51)47(33,40(26)52)21-36(50)56-25-9-14-42(23-48)29-10-13-41(2)28(24-17-35(49)55-22-24)12-16-45(41,54)30(29)11-15-43(42,53)19-25/h5-8,17,23,25-30,33-34,37-40,51-54H,4,9-16,18-22H2,1-3H3/q+1/t25?,26?,27-,28?,29?,30?,33?,34-,37?,38?,39?,40+,41+,42-,43?,44?,45?,47?/m0/s1. The van der Waals surface area contributed by atoms with Gasteiger partial charge < -0.3 is 39.6 Å². The zero-order chi connectivity index (χ0) is 38.9. The number of piperidine rings is 4. The fourth-order valence-corrected chi connectivity index (χ4v) is 17.6. The van der Waals surface area contributed by atoms with E-state index in [1.807, 2.05) is 6.07 Å². The smallest absolute Gasteiger partial charge is 0.362 e. The van der Waals surface area contributed by atoms with E-state index in [4.69, 9.17) is 9.47 Å². The number of aliphatic hydroxyl groups is 4. The molecule has 5 saturated carbocycles. The molecule has 6 heterocycles. The van der Waals surface area contributed by atoms with Crippen LogP contribution in [0.25, 0.3) is 0 Å². The molecule has 0 amide bonds. The van der Waals surface area contributed by atoms with Gasteiger partial charge in [-0.25, -0.2) is 9.59 Å². The maximum atomic E-state index is 14.5. The van der Waals surface area contributed by atoms with E-state index in [1.165, 1.54) is 5.56 Å². The number of fused-ring (bicyclic) bond motifs is 7. The van der Waals surface area contributed by atoms with Crippen molar-refractivity contribution in [3.8, 4) is 0 Å². The molecule has 6 aliphatic heterocycles. The number of likely N-dealkylation sites (N-methyl/N-ethyl adjacent to an activating group) is 1. The van der Waals surface area contributed by atoms with Gasteiger partial charge in [-0.15, -0.1) is 0 Å². The molecule has 1 spiro atoms. The Bertz CT molecular complexity index is 1940. The van der Waals surface area contributed by atoms with E-state index in [0.717, 1.165) is 43.2 Å². The van der Waals surface area contributed by atoms with Crippen molar-refractivity contribution in [3.63, 3.8) is 0 Å². The minimum Gasteiger partial charge on any atom is -0.458 e. The molecular weight excluding hydrogens is 713 g/mol. The molecule has 0 aromatic heterocycles. The van der Waals surface area contributed by atoms with Gasteiger partial charge in [0.05, 0.1) is 40.2 Å². The van der Waals surface area contributed by atoms with Crippen molar-refractivity contribution in [1.29, 1.82) is 0 Å². The van der Waals surface area contributed by atoms with Crippen molar-refractivity contribution in [3.05, 3.63) is 41.5 Å². The Morgan fingerprint density at radius 3 is 2.57 bits per heavy atom. The third-order valence-electron chi connectivity index (χ3n) is 19.6. The average molecular weight is 772 g/mol. The van der Waals surface area contributed by atoms with E-state index in [2.05, 4.69) is 44.0 Å². The Labute approximate surface area is 329 Å². The van der Waals surface area contributed by atoms with Crippen molar-refractivity contribution in [1.82, 2.24) is 0 Å². The summed E-state index contributed by atoms with van der Waals surface area (Å²) in [7, 11) is 2.11. The lowest BCUT2D eigenvalue weighted by Crippen LogP contribution is -2.83. The second-order valence-electron chi connectivity index (χ2n) is 20.6. The van der Waals surface area contributed by atoms with Gasteiger partial charge in [-0.3, -0.25) is 4.48 Å². The number of hydrogen-bond donors (Lipinski definition) is 4. The molecule has 302 valence electrons. The molecule has 56 heavy (non-hydrogen) atoms. The van der Waals surface area contributed by atoms with Crippen LogP contribution in [0.2, 0.25) is 0 Å². The van der Waals surface area contributed by atoms with Crippen LogP contribution in [-0.4, -0.2) is 111 Å². The van der Waals surface area contributed by atoms with E-state index >= 15 is 0 Å². The van der Waals surface area contributed by atoms with Gasteiger partial charge in [0.1, 0.15) is 25.0 Å². The molecule has 1 aromatic rings. The molecule has 9 fully saturated rings. The molecular formula is C45H59N2O9+. The number of cyclic esters (lactones) is 1. The molecule has 0 radical (unpaired) electrons. The number of benzene rings is 1. The number of aldehydes is 1. The van der Waals surface area contributed by atoms with Crippen molar-refractivity contribution in [2.24, 2.45) is 46.3 Å². The minimum atomic E-state index is -1.37. The van der Waals surface area contributed by atoms with Gasteiger partial charge >= 0.3 is 11.9 Å². The summed E-state index contributed by atoms with van der Waals surface area (Å²) in [6.45, 7) is 4.56. The van der Waals surface area contributed by atoms with E-state index in [9.17, 15) is 34.8 Å². The highest BCUT2D eigenvalue weighted by molar-refractivity contribution is 5.85. The van der Waals surface area contributed by atoms with E-state index in [1.54, 1.807) is 6.08 Å². The molecule has 13 unspecified atom stereocenters. The number of carbonyl (C=O) groups excluding carboxylic acids is 3. The number of para-hydroxylation sites is 1. The molecule has 11 heteroatoms. The Morgan fingerprint density at radius 1 is 1.04 bits per heavy atom. The quantitative estimate of drug-likeness (QED) is 0.192. The van der Waals surface area contributed by atoms with Crippen LogP contribution in [0.3, 0.4) is 0 Å². The average Bonchev–Trinajstić information content (AvgIpc) is 3.86. The first-order chi connectivity index (χ1) is 26.7. The highest BCUT2D eigenvalue weighted by Gasteiger charge is 2.83. The zero-order valence-corrected chi connectivity index (χ0v) is 33.0. The molecule has 11 aliphatic rings. The lowest BCUT2D eigenvalue weighted by atomic mass is 9.41. The van der Waals surface area contributed by atoms with Gasteiger partial charge in [-0.1, -0.05) is 32.0 Å². The number of nitrogens with zero attached hydrogens (tertiary/aromatic N) is 2. The molecule has 5 aliphatic carbocycles. The molecule has 1 aromatic carbocycles. The fraction of sp³-hybridized carbons (Fsp3) is 0.756. The lowest BCUT2D eigenvalue weighted by molar-refractivity contribution is -1.03. The topological polar surface area (TPSA) is 154 Å². The number of ether oxygens (including phenoxy) is 2. The highest BCUT2D eigenvalue weighted by Crippen LogP contribution is 2.73. The van der Waals surface area contributed by atoms with Crippen molar-refractivity contribution < 1.29 is 48.8 Å². The van der Waals surface area contributed by atoms with Gasteiger partial charge in [0.15, 0.2) is 12.8 Å². The normalized spacial score (nSPS) is 54.1. The Hall–Kier alpha value is -2.83. The van der Waals surface area contributed by atoms with Crippen LogP contribution in [0.4, 0.5) is 5.69 Å². The maximum Gasteiger partial charge on any atom is 0.362 e. The second-order valence-corrected chi connectivity index (χ2v) is 20.6. The van der Waals surface area contributed by atoms with Crippen LogP contribution in [-0.2, 0) is 29.3 Å². The first kappa shape index (κ1) is 36.3. The summed E-state index contributed by atoms with van der Waals surface area (Å²) in [6.07, 6.45) is 7.72. The summed E-state index contributed by atoms with van der Waals surface area (Å²) in [5, 5.41) is 50.1. The van der Waals surface area contributed by atoms with Gasteiger partial charge in [-0.2, -0.15) is 0 Å². The number of aliphatic hydroxyl groups excluding tert-OH is 2. The predicted molar refractivity (Wildman–Crippen MR) is 202 cm³/mol. The summed E-state index contributed by atoms with van der Waals surface area (Å²) in [5.41, 5.74) is -1.04. The van der Waals surface area contributed by atoms with Crippen molar-refractivity contribution >= 4 is 23.9 Å². The third kappa shape index (κ3) is 3.92. The van der Waals surface area contributed by atoms with Crippen LogP contribution >= 0.6 is 0 Å². The van der Waals surface area contributed by atoms with E-state index in [0.29, 0.717) is 44.9 Å².